The van der Waals surface area contributed by atoms with Crippen molar-refractivity contribution in [2.75, 3.05) is 34.3 Å². The van der Waals surface area contributed by atoms with Gasteiger partial charge in [0, 0.05) is 6.42 Å². The van der Waals surface area contributed by atoms with Gasteiger partial charge in [-0.2, -0.15) is 0 Å². The van der Waals surface area contributed by atoms with Gasteiger partial charge in [-0.15, -0.1) is 0 Å². The van der Waals surface area contributed by atoms with Gasteiger partial charge in [0.25, 0.3) is 0 Å². The standard InChI is InChI=1S/C33H58NO4/c1-23(10-9-17-31(2,3)36)27-13-14-28-26-12-11-24-22-25(38-30(35)37-21-20-34(6,7)8)15-18-32(24,4)29(26)16-19-33(27,28)5/h11,23,25-29,36H,9-10,12-22H2,1-8H3/q+1. The van der Waals surface area contributed by atoms with Crippen molar-refractivity contribution < 1.29 is 23.9 Å². The molecule has 0 aromatic carbocycles. The Labute approximate surface area is 233 Å². The molecule has 5 nitrogen and oxygen atoms in total. The Kier molecular flexibility index (Phi) is 8.71. The second kappa shape index (κ2) is 11.1. The summed E-state index contributed by atoms with van der Waals surface area (Å²) in [6.07, 6.45) is 14.9. The normalized spacial score (nSPS) is 37.9. The molecule has 4 rings (SSSR count). The van der Waals surface area contributed by atoms with Crippen LogP contribution in [0, 0.1) is 40.4 Å². The van der Waals surface area contributed by atoms with Crippen molar-refractivity contribution in [1.29, 1.82) is 0 Å². The fraction of sp³-hybridized carbons (Fsp3) is 0.909. The maximum Gasteiger partial charge on any atom is 0.508 e. The van der Waals surface area contributed by atoms with Gasteiger partial charge in [-0.3, -0.25) is 0 Å². The lowest BCUT2D eigenvalue weighted by atomic mass is 9.47. The van der Waals surface area contributed by atoms with Crippen LogP contribution in [-0.4, -0.2) is 61.7 Å². The minimum Gasteiger partial charge on any atom is -0.431 e. The van der Waals surface area contributed by atoms with Gasteiger partial charge in [-0.25, -0.2) is 4.79 Å². The molecule has 0 saturated heterocycles. The van der Waals surface area contributed by atoms with E-state index in [1.54, 1.807) is 5.57 Å². The van der Waals surface area contributed by atoms with Crippen LogP contribution in [0.15, 0.2) is 11.6 Å². The zero-order chi connectivity index (χ0) is 27.9. The van der Waals surface area contributed by atoms with Crippen LogP contribution >= 0.6 is 0 Å². The predicted molar refractivity (Wildman–Crippen MR) is 154 cm³/mol. The average molecular weight is 533 g/mol. The molecule has 4 aliphatic carbocycles. The first kappa shape index (κ1) is 29.9. The summed E-state index contributed by atoms with van der Waals surface area (Å²) in [5.74, 6) is 3.96. The molecule has 0 aliphatic heterocycles. The number of carbonyl (C=O) groups is 1. The SMILES string of the molecule is CC(CCCC(C)(C)O)C1CCC2C3CC=C4CC(OC(=O)OCC[N+](C)(C)C)CCC4(C)C3CCC12C. The summed E-state index contributed by atoms with van der Waals surface area (Å²) < 4.78 is 11.9. The highest BCUT2D eigenvalue weighted by Crippen LogP contribution is 2.67. The van der Waals surface area contributed by atoms with Crippen LogP contribution in [0.4, 0.5) is 4.79 Å². The topological polar surface area (TPSA) is 55.8 Å². The summed E-state index contributed by atoms with van der Waals surface area (Å²) in [7, 11) is 6.29. The van der Waals surface area contributed by atoms with Crippen LogP contribution < -0.4 is 0 Å². The summed E-state index contributed by atoms with van der Waals surface area (Å²) in [5.41, 5.74) is 1.73. The van der Waals surface area contributed by atoms with E-state index < -0.39 is 11.8 Å². The Hall–Kier alpha value is -1.07. The summed E-state index contributed by atoms with van der Waals surface area (Å²) in [5, 5.41) is 10.2. The van der Waals surface area contributed by atoms with E-state index in [0.717, 1.165) is 72.7 Å². The third-order valence-corrected chi connectivity index (χ3v) is 11.5. The minimum atomic E-state index is -0.544. The number of ether oxygens (including phenoxy) is 2. The lowest BCUT2D eigenvalue weighted by Gasteiger charge is -2.58. The molecular weight excluding hydrogens is 474 g/mol. The van der Waals surface area contributed by atoms with Crippen LogP contribution in [0.3, 0.4) is 0 Å². The number of allylic oxidation sites excluding steroid dienone is 1. The van der Waals surface area contributed by atoms with Crippen LogP contribution in [0.1, 0.15) is 105 Å². The molecule has 218 valence electrons. The first-order valence-corrected chi connectivity index (χ1v) is 15.7. The van der Waals surface area contributed by atoms with Gasteiger partial charge in [0.05, 0.1) is 26.7 Å². The number of hydrogen-bond acceptors (Lipinski definition) is 4. The first-order valence-electron chi connectivity index (χ1n) is 15.7. The number of likely N-dealkylation sites (N-methyl/N-ethyl adjacent to an activating group) is 1. The molecule has 3 fully saturated rings. The Bertz CT molecular complexity index is 869. The number of hydrogen-bond donors (Lipinski definition) is 1. The molecule has 8 unspecified atom stereocenters. The number of carbonyl (C=O) groups excluding carboxylic acids is 1. The van der Waals surface area contributed by atoms with Crippen molar-refractivity contribution in [2.45, 2.75) is 117 Å². The van der Waals surface area contributed by atoms with Gasteiger partial charge in [0.1, 0.15) is 19.3 Å². The Morgan fingerprint density at radius 3 is 2.55 bits per heavy atom. The lowest BCUT2D eigenvalue weighted by molar-refractivity contribution is -0.870. The zero-order valence-electron chi connectivity index (χ0n) is 25.9. The van der Waals surface area contributed by atoms with E-state index in [9.17, 15) is 9.90 Å². The second-order valence-corrected chi connectivity index (χ2v) is 15.8. The van der Waals surface area contributed by atoms with Gasteiger partial charge < -0.3 is 19.1 Å². The minimum absolute atomic E-state index is 0.0445. The van der Waals surface area contributed by atoms with Crippen molar-refractivity contribution in [3.63, 3.8) is 0 Å². The van der Waals surface area contributed by atoms with Gasteiger partial charge in [-0.05, 0) is 106 Å². The van der Waals surface area contributed by atoms with E-state index in [2.05, 4.69) is 48.0 Å². The maximum absolute atomic E-state index is 12.3. The molecule has 0 aromatic heterocycles. The smallest absolute Gasteiger partial charge is 0.431 e. The fourth-order valence-electron chi connectivity index (χ4n) is 9.33. The third-order valence-electron chi connectivity index (χ3n) is 11.5. The van der Waals surface area contributed by atoms with E-state index in [4.69, 9.17) is 9.47 Å². The van der Waals surface area contributed by atoms with Gasteiger partial charge in [-0.1, -0.05) is 45.3 Å². The number of quaternary nitrogens is 1. The molecule has 38 heavy (non-hydrogen) atoms. The van der Waals surface area contributed by atoms with E-state index in [-0.39, 0.29) is 11.5 Å². The highest BCUT2D eigenvalue weighted by atomic mass is 16.7. The molecule has 3 saturated carbocycles. The van der Waals surface area contributed by atoms with E-state index in [0.29, 0.717) is 12.0 Å². The molecule has 4 aliphatic rings. The maximum atomic E-state index is 12.3. The molecule has 5 heteroatoms. The summed E-state index contributed by atoms with van der Waals surface area (Å²) >= 11 is 0. The second-order valence-electron chi connectivity index (χ2n) is 15.8. The summed E-state index contributed by atoms with van der Waals surface area (Å²) in [4.78, 5) is 12.3. The van der Waals surface area contributed by atoms with Gasteiger partial charge in [0.2, 0.25) is 0 Å². The third kappa shape index (κ3) is 6.45. The van der Waals surface area contributed by atoms with Crippen LogP contribution in [-0.2, 0) is 9.47 Å². The molecular formula is C33H58NO4+. The molecule has 0 bridgehead atoms. The van der Waals surface area contributed by atoms with Gasteiger partial charge >= 0.3 is 6.16 Å². The summed E-state index contributed by atoms with van der Waals surface area (Å²) in [6, 6.07) is 0. The summed E-state index contributed by atoms with van der Waals surface area (Å²) in [6.45, 7) is 12.7. The van der Waals surface area contributed by atoms with Crippen molar-refractivity contribution in [1.82, 2.24) is 0 Å². The van der Waals surface area contributed by atoms with Crippen molar-refractivity contribution in [2.24, 2.45) is 40.4 Å². The largest absolute Gasteiger partial charge is 0.508 e. The van der Waals surface area contributed by atoms with Crippen molar-refractivity contribution in [3.8, 4) is 0 Å². The van der Waals surface area contributed by atoms with Crippen LogP contribution in [0.2, 0.25) is 0 Å². The van der Waals surface area contributed by atoms with Crippen molar-refractivity contribution in [3.05, 3.63) is 11.6 Å². The monoisotopic (exact) mass is 532 g/mol. The molecule has 0 heterocycles. The molecule has 0 aromatic rings. The predicted octanol–water partition coefficient (Wildman–Crippen LogP) is 7.37. The first-order chi connectivity index (χ1) is 17.6. The number of fused-ring (bicyclic) bond motifs is 5. The Morgan fingerprint density at radius 1 is 1.13 bits per heavy atom. The number of aliphatic hydroxyl groups is 1. The molecule has 0 radical (unpaired) electrons. The van der Waals surface area contributed by atoms with E-state index >= 15 is 0 Å². The molecule has 8 atom stereocenters. The van der Waals surface area contributed by atoms with E-state index in [1.165, 1.54) is 38.5 Å². The Morgan fingerprint density at radius 2 is 1.87 bits per heavy atom. The number of rotatable bonds is 9. The lowest BCUT2D eigenvalue weighted by Crippen LogP contribution is -2.51. The molecule has 0 amide bonds. The molecule has 0 spiro atoms. The average Bonchev–Trinajstić information content (AvgIpc) is 3.15. The quantitative estimate of drug-likeness (QED) is 0.191. The highest BCUT2D eigenvalue weighted by molar-refractivity contribution is 5.60. The van der Waals surface area contributed by atoms with Crippen molar-refractivity contribution >= 4 is 6.16 Å². The Balaban J connectivity index is 1.36. The molecule has 1 N–H and O–H groups in total. The zero-order valence-corrected chi connectivity index (χ0v) is 25.9. The highest BCUT2D eigenvalue weighted by Gasteiger charge is 2.59. The number of nitrogens with zero attached hydrogens (tertiary/aromatic N) is 1. The van der Waals surface area contributed by atoms with Crippen LogP contribution in [0.5, 0.6) is 0 Å². The van der Waals surface area contributed by atoms with E-state index in [1.807, 2.05) is 13.8 Å². The van der Waals surface area contributed by atoms with Gasteiger partial charge in [0.15, 0.2) is 0 Å². The fourth-order valence-corrected chi connectivity index (χ4v) is 9.33. The van der Waals surface area contributed by atoms with Crippen LogP contribution in [0.25, 0.3) is 0 Å².